The second-order valence-electron chi connectivity index (χ2n) is 4.80. The number of anilines is 1. The molecule has 2 N–H and O–H groups in total. The molecule has 22 heavy (non-hydrogen) atoms. The van der Waals surface area contributed by atoms with E-state index >= 15 is 0 Å². The third kappa shape index (κ3) is 2.72. The summed E-state index contributed by atoms with van der Waals surface area (Å²) in [6.07, 6.45) is 0. The standard InChI is InChI=1S/C18H12BrN3/c19-14-8-4-7-13(9-14)17-10-15(12-5-2-1-3-6-12)16(11-20)18(21)22-17/h1-10H,(H2,21,22). The van der Waals surface area contributed by atoms with E-state index in [1.54, 1.807) is 0 Å². The Bertz CT molecular complexity index is 867. The van der Waals surface area contributed by atoms with E-state index in [1.165, 1.54) is 0 Å². The van der Waals surface area contributed by atoms with E-state index in [4.69, 9.17) is 5.73 Å². The summed E-state index contributed by atoms with van der Waals surface area (Å²) < 4.78 is 0.969. The highest BCUT2D eigenvalue weighted by molar-refractivity contribution is 9.10. The monoisotopic (exact) mass is 349 g/mol. The zero-order valence-electron chi connectivity index (χ0n) is 11.6. The SMILES string of the molecule is N#Cc1c(-c2ccccc2)cc(-c2cccc(Br)c2)nc1N. The van der Waals surface area contributed by atoms with Crippen LogP contribution in [0.25, 0.3) is 22.4 Å². The molecule has 0 atom stereocenters. The first kappa shape index (κ1) is 14.3. The highest BCUT2D eigenvalue weighted by Crippen LogP contribution is 2.31. The van der Waals surface area contributed by atoms with Gasteiger partial charge in [-0.3, -0.25) is 0 Å². The number of hydrogen-bond acceptors (Lipinski definition) is 3. The number of nitrogens with two attached hydrogens (primary N) is 1. The zero-order valence-corrected chi connectivity index (χ0v) is 13.2. The van der Waals surface area contributed by atoms with Gasteiger partial charge in [0.05, 0.1) is 5.69 Å². The maximum Gasteiger partial charge on any atom is 0.142 e. The Morgan fingerprint density at radius 2 is 1.68 bits per heavy atom. The number of pyridine rings is 1. The van der Waals surface area contributed by atoms with Crippen LogP contribution in [0.4, 0.5) is 5.82 Å². The van der Waals surface area contributed by atoms with Crippen LogP contribution in [0.3, 0.4) is 0 Å². The maximum absolute atomic E-state index is 9.39. The Balaban J connectivity index is 2.24. The van der Waals surface area contributed by atoms with E-state index < -0.39 is 0 Å². The third-order valence-corrected chi connectivity index (χ3v) is 3.86. The summed E-state index contributed by atoms with van der Waals surface area (Å²) in [5.41, 5.74) is 9.85. The number of benzene rings is 2. The molecule has 2 aromatic carbocycles. The van der Waals surface area contributed by atoms with E-state index in [0.29, 0.717) is 5.56 Å². The van der Waals surface area contributed by atoms with Gasteiger partial charge in [0.1, 0.15) is 17.5 Å². The topological polar surface area (TPSA) is 62.7 Å². The van der Waals surface area contributed by atoms with Crippen molar-refractivity contribution in [3.8, 4) is 28.5 Å². The molecule has 0 bridgehead atoms. The second-order valence-corrected chi connectivity index (χ2v) is 5.72. The fourth-order valence-electron chi connectivity index (χ4n) is 2.32. The minimum atomic E-state index is 0.249. The highest BCUT2D eigenvalue weighted by Gasteiger charge is 2.13. The Labute approximate surface area is 137 Å². The van der Waals surface area contributed by atoms with E-state index in [-0.39, 0.29) is 5.82 Å². The average Bonchev–Trinajstić information content (AvgIpc) is 2.55. The fourth-order valence-corrected chi connectivity index (χ4v) is 2.72. The van der Waals surface area contributed by atoms with Gasteiger partial charge in [-0.2, -0.15) is 5.26 Å². The summed E-state index contributed by atoms with van der Waals surface area (Å²) in [5.74, 6) is 0.249. The lowest BCUT2D eigenvalue weighted by Gasteiger charge is -2.10. The maximum atomic E-state index is 9.39. The lowest BCUT2D eigenvalue weighted by molar-refractivity contribution is 1.31. The molecule has 0 fully saturated rings. The number of nitrogens with zero attached hydrogens (tertiary/aromatic N) is 2. The molecule has 0 radical (unpaired) electrons. The number of hydrogen-bond donors (Lipinski definition) is 1. The number of nitriles is 1. The van der Waals surface area contributed by atoms with Gasteiger partial charge in [-0.05, 0) is 23.8 Å². The Morgan fingerprint density at radius 1 is 0.955 bits per heavy atom. The second kappa shape index (κ2) is 6.00. The van der Waals surface area contributed by atoms with Gasteiger partial charge in [0.15, 0.2) is 0 Å². The van der Waals surface area contributed by atoms with E-state index in [2.05, 4.69) is 27.0 Å². The lowest BCUT2D eigenvalue weighted by Crippen LogP contribution is -1.99. The molecule has 0 spiro atoms. The van der Waals surface area contributed by atoms with Crippen molar-refractivity contribution >= 4 is 21.7 Å². The molecule has 0 saturated carbocycles. The van der Waals surface area contributed by atoms with Crippen LogP contribution in [0.1, 0.15) is 5.56 Å². The van der Waals surface area contributed by atoms with Crippen LogP contribution in [-0.2, 0) is 0 Å². The molecule has 4 heteroatoms. The molecule has 1 aromatic heterocycles. The zero-order chi connectivity index (χ0) is 15.5. The van der Waals surface area contributed by atoms with Gasteiger partial charge >= 0.3 is 0 Å². The summed E-state index contributed by atoms with van der Waals surface area (Å²) in [6, 6.07) is 21.6. The van der Waals surface area contributed by atoms with E-state index in [9.17, 15) is 5.26 Å². The van der Waals surface area contributed by atoms with Crippen LogP contribution in [-0.4, -0.2) is 4.98 Å². The molecular formula is C18H12BrN3. The van der Waals surface area contributed by atoms with E-state index in [1.807, 2.05) is 60.7 Å². The van der Waals surface area contributed by atoms with Crippen molar-refractivity contribution in [1.29, 1.82) is 5.26 Å². The minimum absolute atomic E-state index is 0.249. The summed E-state index contributed by atoms with van der Waals surface area (Å²) in [5, 5.41) is 9.39. The van der Waals surface area contributed by atoms with Crippen molar-refractivity contribution < 1.29 is 0 Å². The van der Waals surface area contributed by atoms with Crippen molar-refractivity contribution in [2.75, 3.05) is 5.73 Å². The Morgan fingerprint density at radius 3 is 2.36 bits per heavy atom. The first-order valence-corrected chi connectivity index (χ1v) is 7.50. The average molecular weight is 350 g/mol. The molecule has 3 rings (SSSR count). The van der Waals surface area contributed by atoms with Crippen molar-refractivity contribution in [3.63, 3.8) is 0 Å². The molecule has 0 amide bonds. The highest BCUT2D eigenvalue weighted by atomic mass is 79.9. The minimum Gasteiger partial charge on any atom is -0.383 e. The van der Waals surface area contributed by atoms with Crippen molar-refractivity contribution in [3.05, 3.63) is 70.7 Å². The van der Waals surface area contributed by atoms with Gasteiger partial charge < -0.3 is 5.73 Å². The summed E-state index contributed by atoms with van der Waals surface area (Å²) in [7, 11) is 0. The van der Waals surface area contributed by atoms with Gasteiger partial charge in [0.2, 0.25) is 0 Å². The molecular weight excluding hydrogens is 338 g/mol. The van der Waals surface area contributed by atoms with Crippen LogP contribution in [0, 0.1) is 11.3 Å². The molecule has 0 saturated heterocycles. The van der Waals surface area contributed by atoms with Crippen molar-refractivity contribution in [2.45, 2.75) is 0 Å². The summed E-state index contributed by atoms with van der Waals surface area (Å²) in [6.45, 7) is 0. The molecule has 0 aliphatic carbocycles. The Kier molecular flexibility index (Phi) is 3.90. The fraction of sp³-hybridized carbons (Fsp3) is 0. The first-order valence-electron chi connectivity index (χ1n) is 6.71. The van der Waals surface area contributed by atoms with E-state index in [0.717, 1.165) is 26.9 Å². The summed E-state index contributed by atoms with van der Waals surface area (Å²) in [4.78, 5) is 4.38. The number of aromatic nitrogens is 1. The number of halogens is 1. The molecule has 3 aromatic rings. The molecule has 1 heterocycles. The van der Waals surface area contributed by atoms with Crippen LogP contribution in [0.2, 0.25) is 0 Å². The normalized spacial score (nSPS) is 10.2. The smallest absolute Gasteiger partial charge is 0.142 e. The molecule has 0 unspecified atom stereocenters. The number of rotatable bonds is 2. The quantitative estimate of drug-likeness (QED) is 0.733. The van der Waals surface area contributed by atoms with Gasteiger partial charge in [-0.15, -0.1) is 0 Å². The molecule has 0 aliphatic heterocycles. The van der Waals surface area contributed by atoms with Crippen LogP contribution >= 0.6 is 15.9 Å². The lowest BCUT2D eigenvalue weighted by atomic mass is 9.98. The third-order valence-electron chi connectivity index (χ3n) is 3.36. The van der Waals surface area contributed by atoms with Crippen LogP contribution < -0.4 is 5.73 Å². The first-order chi connectivity index (χ1) is 10.7. The van der Waals surface area contributed by atoms with Gasteiger partial charge in [0, 0.05) is 15.6 Å². The van der Waals surface area contributed by atoms with Gasteiger partial charge in [-0.25, -0.2) is 4.98 Å². The van der Waals surface area contributed by atoms with Crippen LogP contribution in [0.15, 0.2) is 65.1 Å². The largest absolute Gasteiger partial charge is 0.383 e. The molecule has 106 valence electrons. The predicted molar refractivity (Wildman–Crippen MR) is 91.9 cm³/mol. The molecule has 0 aliphatic rings. The van der Waals surface area contributed by atoms with Gasteiger partial charge in [0.25, 0.3) is 0 Å². The predicted octanol–water partition coefficient (Wildman–Crippen LogP) is 4.63. The summed E-state index contributed by atoms with van der Waals surface area (Å²) >= 11 is 3.46. The van der Waals surface area contributed by atoms with Gasteiger partial charge in [-0.1, -0.05) is 58.4 Å². The number of nitrogen functional groups attached to an aromatic ring is 1. The molecule has 3 nitrogen and oxygen atoms in total. The van der Waals surface area contributed by atoms with Crippen molar-refractivity contribution in [1.82, 2.24) is 4.98 Å². The Hall–Kier alpha value is -2.64. The van der Waals surface area contributed by atoms with Crippen LogP contribution in [0.5, 0.6) is 0 Å². The van der Waals surface area contributed by atoms with Crippen molar-refractivity contribution in [2.24, 2.45) is 0 Å².